The number of nitrogens with one attached hydrogen (secondary N) is 1. The highest BCUT2D eigenvalue weighted by Crippen LogP contribution is 2.08. The first-order valence-electron chi connectivity index (χ1n) is 5.49. The number of hydrogen-bond donors (Lipinski definition) is 1. The van der Waals surface area contributed by atoms with Gasteiger partial charge in [0, 0.05) is 24.5 Å². The van der Waals surface area contributed by atoms with Crippen LogP contribution >= 0.6 is 11.3 Å². The monoisotopic (exact) mass is 240 g/mol. The number of carbonyl (C=O) groups excluding carboxylic acids is 1. The Morgan fingerprint density at radius 2 is 2.31 bits per heavy atom. The van der Waals surface area contributed by atoms with Crippen LogP contribution in [0.15, 0.2) is 17.5 Å². The molecule has 2 heterocycles. The van der Waals surface area contributed by atoms with Gasteiger partial charge in [-0.3, -0.25) is 0 Å². The quantitative estimate of drug-likeness (QED) is 0.866. The fourth-order valence-electron chi connectivity index (χ4n) is 1.63. The van der Waals surface area contributed by atoms with Crippen molar-refractivity contribution < 1.29 is 9.53 Å². The van der Waals surface area contributed by atoms with Crippen molar-refractivity contribution in [2.24, 2.45) is 0 Å². The van der Waals surface area contributed by atoms with E-state index >= 15 is 0 Å². The third-order valence-corrected chi connectivity index (χ3v) is 3.46. The van der Waals surface area contributed by atoms with E-state index in [4.69, 9.17) is 4.74 Å². The fraction of sp³-hybridized carbons (Fsp3) is 0.545. The summed E-state index contributed by atoms with van der Waals surface area (Å²) in [7, 11) is 0. The predicted molar refractivity (Wildman–Crippen MR) is 63.8 cm³/mol. The second-order valence-corrected chi connectivity index (χ2v) is 4.69. The van der Waals surface area contributed by atoms with Crippen LogP contribution in [-0.2, 0) is 11.2 Å². The van der Waals surface area contributed by atoms with Crippen molar-refractivity contribution in [1.82, 2.24) is 10.2 Å². The maximum absolute atomic E-state index is 11.7. The molecule has 2 rings (SSSR count). The molecule has 1 aromatic rings. The molecule has 16 heavy (non-hydrogen) atoms. The van der Waals surface area contributed by atoms with Gasteiger partial charge >= 0.3 is 6.03 Å². The number of amides is 2. The molecule has 0 bridgehead atoms. The third-order valence-electron chi connectivity index (χ3n) is 2.53. The molecule has 88 valence electrons. The number of carbonyl (C=O) groups is 1. The summed E-state index contributed by atoms with van der Waals surface area (Å²) in [4.78, 5) is 14.8. The molecular formula is C11H16N2O2S. The number of urea groups is 1. The molecule has 0 unspecified atom stereocenters. The minimum absolute atomic E-state index is 0.0276. The molecule has 2 amide bonds. The summed E-state index contributed by atoms with van der Waals surface area (Å²) >= 11 is 1.73. The van der Waals surface area contributed by atoms with Gasteiger partial charge in [-0.1, -0.05) is 6.07 Å². The van der Waals surface area contributed by atoms with E-state index in [0.29, 0.717) is 32.8 Å². The summed E-state index contributed by atoms with van der Waals surface area (Å²) in [5, 5.41) is 4.98. The topological polar surface area (TPSA) is 41.6 Å². The third kappa shape index (κ3) is 3.21. The minimum atomic E-state index is 0.0276. The van der Waals surface area contributed by atoms with Crippen LogP contribution < -0.4 is 5.32 Å². The molecule has 0 saturated carbocycles. The second-order valence-electron chi connectivity index (χ2n) is 3.66. The summed E-state index contributed by atoms with van der Waals surface area (Å²) in [6, 6.07) is 4.15. The molecule has 0 atom stereocenters. The number of thiophene rings is 1. The van der Waals surface area contributed by atoms with Crippen LogP contribution in [0.25, 0.3) is 0 Å². The SMILES string of the molecule is O=C(NCCc1cccs1)N1CCOCC1. The summed E-state index contributed by atoms with van der Waals surface area (Å²) in [5.74, 6) is 0. The number of hydrogen-bond acceptors (Lipinski definition) is 3. The Balaban J connectivity index is 1.67. The molecule has 4 nitrogen and oxygen atoms in total. The van der Waals surface area contributed by atoms with Crippen LogP contribution in [0.5, 0.6) is 0 Å². The lowest BCUT2D eigenvalue weighted by atomic mass is 10.3. The van der Waals surface area contributed by atoms with Gasteiger partial charge in [0.15, 0.2) is 0 Å². The van der Waals surface area contributed by atoms with Gasteiger partial charge in [-0.05, 0) is 17.9 Å². The minimum Gasteiger partial charge on any atom is -0.378 e. The number of rotatable bonds is 3. The maximum atomic E-state index is 11.7. The van der Waals surface area contributed by atoms with E-state index in [-0.39, 0.29) is 6.03 Å². The van der Waals surface area contributed by atoms with Gasteiger partial charge in [-0.15, -0.1) is 11.3 Å². The molecule has 0 aliphatic carbocycles. The zero-order chi connectivity index (χ0) is 11.2. The zero-order valence-electron chi connectivity index (χ0n) is 9.15. The van der Waals surface area contributed by atoms with Gasteiger partial charge in [0.1, 0.15) is 0 Å². The van der Waals surface area contributed by atoms with Gasteiger partial charge in [0.25, 0.3) is 0 Å². The molecule has 0 radical (unpaired) electrons. The van der Waals surface area contributed by atoms with Gasteiger partial charge in [-0.2, -0.15) is 0 Å². The smallest absolute Gasteiger partial charge is 0.317 e. The van der Waals surface area contributed by atoms with Gasteiger partial charge in [0.05, 0.1) is 13.2 Å². The molecule has 0 aromatic carbocycles. The fourth-order valence-corrected chi connectivity index (χ4v) is 2.33. The van der Waals surface area contributed by atoms with Crippen molar-refractivity contribution in [1.29, 1.82) is 0 Å². The van der Waals surface area contributed by atoms with E-state index in [1.54, 1.807) is 16.2 Å². The van der Waals surface area contributed by atoms with Crippen LogP contribution in [0, 0.1) is 0 Å². The molecule has 1 aliphatic rings. The standard InChI is InChI=1S/C11H16N2O2S/c14-11(13-5-7-15-8-6-13)12-4-3-10-2-1-9-16-10/h1-2,9H,3-8H2,(H,12,14). The highest BCUT2D eigenvalue weighted by atomic mass is 32.1. The highest BCUT2D eigenvalue weighted by molar-refractivity contribution is 7.09. The van der Waals surface area contributed by atoms with E-state index in [2.05, 4.69) is 16.8 Å². The van der Waals surface area contributed by atoms with E-state index in [0.717, 1.165) is 6.42 Å². The lowest BCUT2D eigenvalue weighted by Crippen LogP contribution is -2.46. The lowest BCUT2D eigenvalue weighted by Gasteiger charge is -2.26. The van der Waals surface area contributed by atoms with Crippen molar-refractivity contribution in [3.05, 3.63) is 22.4 Å². The Morgan fingerprint density at radius 3 is 3.00 bits per heavy atom. The number of morpholine rings is 1. The van der Waals surface area contributed by atoms with Crippen molar-refractivity contribution in [3.63, 3.8) is 0 Å². The zero-order valence-corrected chi connectivity index (χ0v) is 9.96. The van der Waals surface area contributed by atoms with Crippen molar-refractivity contribution in [3.8, 4) is 0 Å². The Hall–Kier alpha value is -1.07. The van der Waals surface area contributed by atoms with Gasteiger partial charge in [-0.25, -0.2) is 4.79 Å². The molecule has 5 heteroatoms. The van der Waals surface area contributed by atoms with Crippen LogP contribution in [0.3, 0.4) is 0 Å². The molecule has 1 saturated heterocycles. The van der Waals surface area contributed by atoms with Crippen LogP contribution in [0.1, 0.15) is 4.88 Å². The molecule has 0 spiro atoms. The Labute approximate surface area is 99.2 Å². The largest absolute Gasteiger partial charge is 0.378 e. The summed E-state index contributed by atoms with van der Waals surface area (Å²) < 4.78 is 5.19. The first-order chi connectivity index (χ1) is 7.86. The van der Waals surface area contributed by atoms with Crippen LogP contribution in [0.4, 0.5) is 4.79 Å². The molecule has 1 fully saturated rings. The Bertz CT molecular complexity index is 321. The maximum Gasteiger partial charge on any atom is 0.317 e. The Morgan fingerprint density at radius 1 is 1.50 bits per heavy atom. The van der Waals surface area contributed by atoms with Gasteiger partial charge in [0.2, 0.25) is 0 Å². The van der Waals surface area contributed by atoms with Crippen LogP contribution in [-0.4, -0.2) is 43.8 Å². The van der Waals surface area contributed by atoms with Gasteiger partial charge < -0.3 is 15.0 Å². The number of ether oxygens (including phenoxy) is 1. The summed E-state index contributed by atoms with van der Waals surface area (Å²) in [5.41, 5.74) is 0. The lowest BCUT2D eigenvalue weighted by molar-refractivity contribution is 0.0533. The Kier molecular flexibility index (Phi) is 4.18. The summed E-state index contributed by atoms with van der Waals surface area (Å²) in [6.07, 6.45) is 0.910. The van der Waals surface area contributed by atoms with Crippen molar-refractivity contribution >= 4 is 17.4 Å². The first-order valence-corrected chi connectivity index (χ1v) is 6.37. The van der Waals surface area contributed by atoms with Crippen molar-refractivity contribution in [2.45, 2.75) is 6.42 Å². The first kappa shape index (κ1) is 11.4. The average molecular weight is 240 g/mol. The van der Waals surface area contributed by atoms with E-state index in [1.807, 2.05) is 6.07 Å². The number of nitrogens with zero attached hydrogens (tertiary/aromatic N) is 1. The normalized spacial score (nSPS) is 16.1. The molecule has 1 aliphatic heterocycles. The van der Waals surface area contributed by atoms with E-state index in [1.165, 1.54) is 4.88 Å². The second kappa shape index (κ2) is 5.86. The van der Waals surface area contributed by atoms with E-state index in [9.17, 15) is 4.79 Å². The molecule has 1 N–H and O–H groups in total. The predicted octanol–water partition coefficient (Wildman–Crippen LogP) is 1.33. The molecule has 1 aromatic heterocycles. The molecular weight excluding hydrogens is 224 g/mol. The van der Waals surface area contributed by atoms with Crippen molar-refractivity contribution in [2.75, 3.05) is 32.8 Å². The highest BCUT2D eigenvalue weighted by Gasteiger charge is 2.15. The summed E-state index contributed by atoms with van der Waals surface area (Å²) in [6.45, 7) is 3.41. The average Bonchev–Trinajstić information content (AvgIpc) is 2.83. The van der Waals surface area contributed by atoms with E-state index < -0.39 is 0 Å². The van der Waals surface area contributed by atoms with Crippen LogP contribution in [0.2, 0.25) is 0 Å².